The molecule has 5 nitrogen and oxygen atoms in total. The number of nitrogens with zero attached hydrogens (tertiary/aromatic N) is 1. The molecule has 1 aromatic carbocycles. The van der Waals surface area contributed by atoms with Gasteiger partial charge in [-0.3, -0.25) is 0 Å². The Labute approximate surface area is 115 Å². The Bertz CT molecular complexity index is 553. The zero-order chi connectivity index (χ0) is 14.8. The lowest BCUT2D eigenvalue weighted by molar-refractivity contribution is 0.177. The molecular formula is C13H22N2O3S. The molecule has 0 spiro atoms. The minimum atomic E-state index is -3.62. The highest BCUT2D eigenvalue weighted by molar-refractivity contribution is 7.89. The quantitative estimate of drug-likeness (QED) is 0.799. The van der Waals surface area contributed by atoms with Crippen molar-refractivity contribution in [2.75, 3.05) is 19.3 Å². The van der Waals surface area contributed by atoms with Gasteiger partial charge >= 0.3 is 0 Å². The van der Waals surface area contributed by atoms with Crippen LogP contribution in [0, 0.1) is 13.8 Å². The Kier molecular flexibility index (Phi) is 4.95. The molecule has 1 rings (SSSR count). The van der Waals surface area contributed by atoms with Gasteiger partial charge in [0.2, 0.25) is 10.0 Å². The normalized spacial score (nSPS) is 13.8. The van der Waals surface area contributed by atoms with Crippen LogP contribution in [0.5, 0.6) is 0 Å². The highest BCUT2D eigenvalue weighted by Gasteiger charge is 2.26. The van der Waals surface area contributed by atoms with Crippen LogP contribution >= 0.6 is 0 Å². The number of nitrogens with two attached hydrogens (primary N) is 1. The lowest BCUT2D eigenvalue weighted by Gasteiger charge is -2.21. The van der Waals surface area contributed by atoms with E-state index in [-0.39, 0.29) is 11.4 Å². The van der Waals surface area contributed by atoms with Gasteiger partial charge in [-0.25, -0.2) is 12.7 Å². The Hall–Kier alpha value is -1.11. The number of aryl methyl sites for hydroxylation is 2. The van der Waals surface area contributed by atoms with E-state index in [1.165, 1.54) is 11.4 Å². The van der Waals surface area contributed by atoms with E-state index in [2.05, 4.69) is 0 Å². The Morgan fingerprint density at radius 2 is 1.84 bits per heavy atom. The molecule has 0 fully saturated rings. The van der Waals surface area contributed by atoms with Gasteiger partial charge in [-0.2, -0.15) is 0 Å². The largest absolute Gasteiger partial charge is 0.397 e. The van der Waals surface area contributed by atoms with Crippen LogP contribution in [0.1, 0.15) is 24.5 Å². The van der Waals surface area contributed by atoms with E-state index >= 15 is 0 Å². The molecule has 0 amide bonds. The summed E-state index contributed by atoms with van der Waals surface area (Å²) in [4.78, 5) is 0.167. The van der Waals surface area contributed by atoms with Gasteiger partial charge in [0, 0.05) is 13.6 Å². The van der Waals surface area contributed by atoms with Crippen LogP contribution in [0.15, 0.2) is 17.0 Å². The molecule has 0 heterocycles. The van der Waals surface area contributed by atoms with Crippen LogP contribution in [0.3, 0.4) is 0 Å². The molecule has 0 saturated heterocycles. The fourth-order valence-corrected chi connectivity index (χ4v) is 3.37. The zero-order valence-electron chi connectivity index (χ0n) is 11.8. The van der Waals surface area contributed by atoms with Crippen molar-refractivity contribution in [3.05, 3.63) is 23.3 Å². The van der Waals surface area contributed by atoms with Crippen LogP contribution in [-0.2, 0) is 10.0 Å². The van der Waals surface area contributed by atoms with Crippen LogP contribution < -0.4 is 5.73 Å². The number of hydrogen-bond acceptors (Lipinski definition) is 4. The summed E-state index contributed by atoms with van der Waals surface area (Å²) < 4.78 is 26.2. The second-order valence-electron chi connectivity index (χ2n) is 4.91. The maximum absolute atomic E-state index is 12.5. The summed E-state index contributed by atoms with van der Waals surface area (Å²) in [5, 5.41) is 9.24. The van der Waals surface area contributed by atoms with Gasteiger partial charge in [-0.05, 0) is 38.3 Å². The van der Waals surface area contributed by atoms with E-state index in [9.17, 15) is 13.5 Å². The summed E-state index contributed by atoms with van der Waals surface area (Å²) in [6.07, 6.45) is -0.144. The fraction of sp³-hybridized carbons (Fsp3) is 0.538. The molecule has 1 aromatic rings. The maximum Gasteiger partial charge on any atom is 0.245 e. The van der Waals surface area contributed by atoms with Gasteiger partial charge in [0.25, 0.3) is 0 Å². The van der Waals surface area contributed by atoms with Gasteiger partial charge in [0.15, 0.2) is 0 Å². The first-order valence-corrected chi connectivity index (χ1v) is 7.62. The van der Waals surface area contributed by atoms with Gasteiger partial charge in [0.05, 0.1) is 11.8 Å². The summed E-state index contributed by atoms with van der Waals surface area (Å²) in [6.45, 7) is 5.40. The van der Waals surface area contributed by atoms with E-state index in [0.29, 0.717) is 17.7 Å². The minimum absolute atomic E-state index is 0.167. The topological polar surface area (TPSA) is 83.6 Å². The van der Waals surface area contributed by atoms with Crippen LogP contribution in [0.4, 0.5) is 5.69 Å². The highest BCUT2D eigenvalue weighted by Crippen LogP contribution is 2.28. The first kappa shape index (κ1) is 15.9. The van der Waals surface area contributed by atoms with Crippen molar-refractivity contribution < 1.29 is 13.5 Å². The molecule has 1 unspecified atom stereocenters. The molecular weight excluding hydrogens is 264 g/mol. The lowest BCUT2D eigenvalue weighted by atomic mass is 10.1. The number of nitrogen functional groups attached to an aromatic ring is 1. The number of hydrogen-bond donors (Lipinski definition) is 2. The van der Waals surface area contributed by atoms with Gasteiger partial charge in [-0.15, -0.1) is 0 Å². The Morgan fingerprint density at radius 3 is 2.37 bits per heavy atom. The highest BCUT2D eigenvalue weighted by atomic mass is 32.2. The number of anilines is 1. The molecule has 0 radical (unpaired) electrons. The first-order chi connectivity index (χ1) is 8.67. The molecule has 19 heavy (non-hydrogen) atoms. The minimum Gasteiger partial charge on any atom is -0.397 e. The third-order valence-electron chi connectivity index (χ3n) is 3.14. The average molecular weight is 286 g/mol. The van der Waals surface area contributed by atoms with Crippen molar-refractivity contribution in [3.63, 3.8) is 0 Å². The predicted octanol–water partition coefficient (Wildman–Crippen LogP) is 1.28. The average Bonchev–Trinajstić information content (AvgIpc) is 2.30. The summed E-state index contributed by atoms with van der Waals surface area (Å²) in [5.74, 6) is 0. The van der Waals surface area contributed by atoms with E-state index in [0.717, 1.165) is 5.56 Å². The van der Waals surface area contributed by atoms with Crippen LogP contribution in [0.2, 0.25) is 0 Å². The smallest absolute Gasteiger partial charge is 0.245 e. The molecule has 1 atom stereocenters. The molecule has 6 heteroatoms. The zero-order valence-corrected chi connectivity index (χ0v) is 12.7. The van der Waals surface area contributed by atoms with E-state index in [1.807, 2.05) is 0 Å². The molecule has 0 aliphatic heterocycles. The Morgan fingerprint density at radius 1 is 1.32 bits per heavy atom. The van der Waals surface area contributed by atoms with Crippen LogP contribution in [0.25, 0.3) is 0 Å². The summed E-state index contributed by atoms with van der Waals surface area (Å²) in [5.41, 5.74) is 7.58. The van der Waals surface area contributed by atoms with Gasteiger partial charge < -0.3 is 10.8 Å². The maximum atomic E-state index is 12.5. The van der Waals surface area contributed by atoms with Crippen molar-refractivity contribution in [1.82, 2.24) is 4.31 Å². The summed E-state index contributed by atoms with van der Waals surface area (Å²) >= 11 is 0. The number of rotatable bonds is 5. The van der Waals surface area contributed by atoms with E-state index in [4.69, 9.17) is 5.73 Å². The van der Waals surface area contributed by atoms with Crippen LogP contribution in [-0.4, -0.2) is 37.5 Å². The first-order valence-electron chi connectivity index (χ1n) is 6.18. The van der Waals surface area contributed by atoms with E-state index in [1.54, 1.807) is 32.9 Å². The van der Waals surface area contributed by atoms with Crippen molar-refractivity contribution in [1.29, 1.82) is 0 Å². The van der Waals surface area contributed by atoms with Crippen molar-refractivity contribution in [3.8, 4) is 0 Å². The van der Waals surface area contributed by atoms with E-state index < -0.39 is 16.1 Å². The molecule has 0 aliphatic rings. The predicted molar refractivity (Wildman–Crippen MR) is 76.4 cm³/mol. The molecule has 0 bridgehead atoms. The number of aliphatic hydroxyl groups is 1. The fourth-order valence-electron chi connectivity index (χ4n) is 1.79. The lowest BCUT2D eigenvalue weighted by Crippen LogP contribution is -2.30. The Balaban J connectivity index is 3.17. The number of benzene rings is 1. The second kappa shape index (κ2) is 5.90. The number of aliphatic hydroxyl groups excluding tert-OH is 1. The summed E-state index contributed by atoms with van der Waals surface area (Å²) in [6, 6.07) is 3.56. The van der Waals surface area contributed by atoms with Crippen molar-refractivity contribution in [2.24, 2.45) is 0 Å². The molecule has 3 N–H and O–H groups in total. The number of sulfonamides is 1. The van der Waals surface area contributed by atoms with Crippen molar-refractivity contribution in [2.45, 2.75) is 38.2 Å². The van der Waals surface area contributed by atoms with Gasteiger partial charge in [0.1, 0.15) is 4.90 Å². The molecule has 0 saturated carbocycles. The third-order valence-corrected chi connectivity index (χ3v) is 5.20. The molecule has 0 aliphatic carbocycles. The molecule has 0 aromatic heterocycles. The standard InChI is InChI=1S/C13H22N2O3S/c1-9-5-6-10(2)13(12(9)14)19(17,18)15(4)8-7-11(3)16/h5-6,11,16H,7-8,14H2,1-4H3. The third kappa shape index (κ3) is 3.46. The summed E-state index contributed by atoms with van der Waals surface area (Å²) in [7, 11) is -2.12. The monoisotopic (exact) mass is 286 g/mol. The second-order valence-corrected chi connectivity index (χ2v) is 6.89. The van der Waals surface area contributed by atoms with Crippen molar-refractivity contribution >= 4 is 15.7 Å². The SMILES string of the molecule is Cc1ccc(C)c(S(=O)(=O)N(C)CCC(C)O)c1N. The van der Waals surface area contributed by atoms with Gasteiger partial charge in [-0.1, -0.05) is 12.1 Å². The molecule has 108 valence electrons.